The van der Waals surface area contributed by atoms with E-state index in [1.165, 1.54) is 29.7 Å². The molecule has 26 heavy (non-hydrogen) atoms. The van der Waals surface area contributed by atoms with E-state index in [0.29, 0.717) is 11.7 Å². The van der Waals surface area contributed by atoms with E-state index in [1.807, 2.05) is 12.3 Å². The van der Waals surface area contributed by atoms with Crippen LogP contribution in [0.25, 0.3) is 0 Å². The molecule has 0 amide bonds. The Bertz CT molecular complexity index is 842. The molecule has 1 unspecified atom stereocenters. The summed E-state index contributed by atoms with van der Waals surface area (Å²) in [6, 6.07) is 14.6. The van der Waals surface area contributed by atoms with Crippen LogP contribution in [0.2, 0.25) is 0 Å². The average molecular weight is 347 g/mol. The molecule has 0 spiro atoms. The Morgan fingerprint density at radius 1 is 1.12 bits per heavy atom. The lowest BCUT2D eigenvalue weighted by atomic mass is 9.90. The SMILES string of the molecule is Nc1ncccc1CN1CCCC(c2[nH]ncc2Cc2ccccc2)C1. The third-order valence-corrected chi connectivity index (χ3v) is 5.22. The van der Waals surface area contributed by atoms with E-state index in [0.717, 1.165) is 31.6 Å². The predicted molar refractivity (Wildman–Crippen MR) is 104 cm³/mol. The van der Waals surface area contributed by atoms with Gasteiger partial charge >= 0.3 is 0 Å². The minimum Gasteiger partial charge on any atom is -0.383 e. The van der Waals surface area contributed by atoms with E-state index in [-0.39, 0.29) is 0 Å². The van der Waals surface area contributed by atoms with Crippen molar-refractivity contribution in [2.24, 2.45) is 0 Å². The third kappa shape index (κ3) is 3.78. The van der Waals surface area contributed by atoms with Gasteiger partial charge in [0.2, 0.25) is 0 Å². The molecule has 1 aliphatic heterocycles. The van der Waals surface area contributed by atoms with Crippen LogP contribution in [0.15, 0.2) is 54.9 Å². The maximum Gasteiger partial charge on any atom is 0.127 e. The predicted octanol–water partition coefficient (Wildman–Crippen LogP) is 3.36. The Kier molecular flexibility index (Phi) is 4.97. The van der Waals surface area contributed by atoms with Crippen molar-refractivity contribution >= 4 is 5.82 Å². The summed E-state index contributed by atoms with van der Waals surface area (Å²) in [6.45, 7) is 2.99. The number of H-pyrrole nitrogens is 1. The molecule has 3 N–H and O–H groups in total. The van der Waals surface area contributed by atoms with Gasteiger partial charge in [0, 0.05) is 42.9 Å². The highest BCUT2D eigenvalue weighted by atomic mass is 15.2. The van der Waals surface area contributed by atoms with Crippen LogP contribution in [-0.4, -0.2) is 33.2 Å². The van der Waals surface area contributed by atoms with Gasteiger partial charge in [0.1, 0.15) is 5.82 Å². The van der Waals surface area contributed by atoms with Gasteiger partial charge in [0.15, 0.2) is 0 Å². The molecule has 3 aromatic rings. The van der Waals surface area contributed by atoms with Crippen LogP contribution in [0.5, 0.6) is 0 Å². The van der Waals surface area contributed by atoms with Crippen molar-refractivity contribution in [3.8, 4) is 0 Å². The number of likely N-dealkylation sites (tertiary alicyclic amines) is 1. The standard InChI is InChI=1S/C21H25N5/c22-21-18(8-4-10-23-21)15-26-11-5-9-17(14-26)20-19(13-24-25-20)12-16-6-2-1-3-7-16/h1-4,6-8,10,13,17H,5,9,11-12,14-15H2,(H2,22,23)(H,24,25). The number of rotatable bonds is 5. The van der Waals surface area contributed by atoms with Gasteiger partial charge in [-0.15, -0.1) is 0 Å². The third-order valence-electron chi connectivity index (χ3n) is 5.22. The highest BCUT2D eigenvalue weighted by Gasteiger charge is 2.25. The maximum absolute atomic E-state index is 6.02. The summed E-state index contributed by atoms with van der Waals surface area (Å²) in [5, 5.41) is 7.62. The Morgan fingerprint density at radius 2 is 2.00 bits per heavy atom. The van der Waals surface area contributed by atoms with Crippen molar-refractivity contribution in [1.29, 1.82) is 0 Å². The van der Waals surface area contributed by atoms with Crippen molar-refractivity contribution in [3.63, 3.8) is 0 Å². The number of pyridine rings is 1. The van der Waals surface area contributed by atoms with Gasteiger partial charge < -0.3 is 5.73 Å². The molecule has 1 saturated heterocycles. The minimum absolute atomic E-state index is 0.489. The zero-order valence-electron chi connectivity index (χ0n) is 14.9. The summed E-state index contributed by atoms with van der Waals surface area (Å²) in [5.74, 6) is 1.13. The summed E-state index contributed by atoms with van der Waals surface area (Å²) in [6.07, 6.45) is 7.05. The molecular formula is C21H25N5. The highest BCUT2D eigenvalue weighted by Crippen LogP contribution is 2.30. The fourth-order valence-electron chi connectivity index (χ4n) is 3.89. The van der Waals surface area contributed by atoms with Crippen molar-refractivity contribution in [2.45, 2.75) is 31.7 Å². The van der Waals surface area contributed by atoms with Crippen LogP contribution in [0, 0.1) is 0 Å². The Balaban J connectivity index is 1.47. The smallest absolute Gasteiger partial charge is 0.127 e. The molecular weight excluding hydrogens is 322 g/mol. The van der Waals surface area contributed by atoms with E-state index >= 15 is 0 Å². The number of nitrogen functional groups attached to an aromatic ring is 1. The summed E-state index contributed by atoms with van der Waals surface area (Å²) < 4.78 is 0. The number of aromatic amines is 1. The highest BCUT2D eigenvalue weighted by molar-refractivity contribution is 5.38. The molecule has 0 saturated carbocycles. The fraction of sp³-hybridized carbons (Fsp3) is 0.333. The van der Waals surface area contributed by atoms with Crippen LogP contribution >= 0.6 is 0 Å². The number of nitrogens with one attached hydrogen (secondary N) is 1. The average Bonchev–Trinajstić information content (AvgIpc) is 3.13. The lowest BCUT2D eigenvalue weighted by Gasteiger charge is -2.32. The number of anilines is 1. The van der Waals surface area contributed by atoms with Crippen LogP contribution < -0.4 is 5.73 Å². The van der Waals surface area contributed by atoms with Crippen molar-refractivity contribution < 1.29 is 0 Å². The molecule has 0 radical (unpaired) electrons. The molecule has 0 aliphatic carbocycles. The topological polar surface area (TPSA) is 70.8 Å². The van der Waals surface area contributed by atoms with E-state index in [4.69, 9.17) is 5.73 Å². The first-order valence-electron chi connectivity index (χ1n) is 9.27. The molecule has 1 aromatic carbocycles. The van der Waals surface area contributed by atoms with Gasteiger partial charge in [-0.05, 0) is 36.6 Å². The quantitative estimate of drug-likeness (QED) is 0.742. The molecule has 5 heteroatoms. The maximum atomic E-state index is 6.02. The first-order chi connectivity index (χ1) is 12.8. The van der Waals surface area contributed by atoms with E-state index < -0.39 is 0 Å². The number of piperidine rings is 1. The lowest BCUT2D eigenvalue weighted by molar-refractivity contribution is 0.198. The fourth-order valence-corrected chi connectivity index (χ4v) is 3.89. The molecule has 5 nitrogen and oxygen atoms in total. The van der Waals surface area contributed by atoms with Crippen molar-refractivity contribution in [2.75, 3.05) is 18.8 Å². The molecule has 1 fully saturated rings. The summed E-state index contributed by atoms with van der Waals surface area (Å²) in [7, 11) is 0. The van der Waals surface area contributed by atoms with Crippen LogP contribution in [0.4, 0.5) is 5.82 Å². The summed E-state index contributed by atoms with van der Waals surface area (Å²) in [4.78, 5) is 6.69. The van der Waals surface area contributed by atoms with Gasteiger partial charge in [-0.2, -0.15) is 5.10 Å². The molecule has 1 aliphatic rings. The van der Waals surface area contributed by atoms with Crippen molar-refractivity contribution in [3.05, 3.63) is 77.2 Å². The Hall–Kier alpha value is -2.66. The number of aromatic nitrogens is 3. The molecule has 1 atom stereocenters. The van der Waals surface area contributed by atoms with E-state index in [9.17, 15) is 0 Å². The Morgan fingerprint density at radius 3 is 2.85 bits per heavy atom. The first kappa shape index (κ1) is 16.8. The minimum atomic E-state index is 0.489. The van der Waals surface area contributed by atoms with E-state index in [1.54, 1.807) is 6.20 Å². The van der Waals surface area contributed by atoms with Crippen molar-refractivity contribution in [1.82, 2.24) is 20.1 Å². The normalized spacial score (nSPS) is 18.1. The first-order valence-corrected chi connectivity index (χ1v) is 9.27. The van der Waals surface area contributed by atoms with Gasteiger partial charge in [-0.1, -0.05) is 36.4 Å². The van der Waals surface area contributed by atoms with Gasteiger partial charge in [-0.25, -0.2) is 4.98 Å². The van der Waals surface area contributed by atoms with Crippen LogP contribution in [0.3, 0.4) is 0 Å². The summed E-state index contributed by atoms with van der Waals surface area (Å²) >= 11 is 0. The van der Waals surface area contributed by atoms with Gasteiger partial charge in [-0.3, -0.25) is 10.00 Å². The second-order valence-corrected chi connectivity index (χ2v) is 7.09. The molecule has 134 valence electrons. The summed E-state index contributed by atoms with van der Waals surface area (Å²) in [5.41, 5.74) is 11.1. The van der Waals surface area contributed by atoms with Crippen LogP contribution in [-0.2, 0) is 13.0 Å². The monoisotopic (exact) mass is 347 g/mol. The largest absolute Gasteiger partial charge is 0.383 e. The Labute approximate surface area is 154 Å². The molecule has 3 heterocycles. The zero-order valence-corrected chi connectivity index (χ0v) is 14.9. The molecule has 2 aromatic heterocycles. The molecule has 0 bridgehead atoms. The number of benzene rings is 1. The zero-order chi connectivity index (χ0) is 17.8. The van der Waals surface area contributed by atoms with Gasteiger partial charge in [0.25, 0.3) is 0 Å². The van der Waals surface area contributed by atoms with Gasteiger partial charge in [0.05, 0.1) is 6.20 Å². The number of nitrogens with two attached hydrogens (primary N) is 1. The molecule has 4 rings (SSSR count). The lowest BCUT2D eigenvalue weighted by Crippen LogP contribution is -2.34. The van der Waals surface area contributed by atoms with Crippen LogP contribution in [0.1, 0.15) is 41.1 Å². The second-order valence-electron chi connectivity index (χ2n) is 7.09. The number of hydrogen-bond acceptors (Lipinski definition) is 4. The number of hydrogen-bond donors (Lipinski definition) is 2. The number of nitrogens with zero attached hydrogens (tertiary/aromatic N) is 3. The van der Waals surface area contributed by atoms with E-state index in [2.05, 4.69) is 56.5 Å². The second kappa shape index (κ2) is 7.70.